The molecule has 1 saturated heterocycles. The molecule has 11 heteroatoms. The molecule has 0 saturated carbocycles. The average molecular weight is 554 g/mol. The molecule has 1 aliphatic rings. The molecule has 3 aromatic carbocycles. The number of nitrogens with one attached hydrogen (secondary N) is 1. The number of rotatable bonds is 7. The number of hydrogen-bond donors (Lipinski definition) is 2. The normalized spacial score (nSPS) is 15.8. The summed E-state index contributed by atoms with van der Waals surface area (Å²) in [6.45, 7) is 1.75. The van der Waals surface area contributed by atoms with Gasteiger partial charge in [-0.3, -0.25) is 19.2 Å². The lowest BCUT2D eigenvalue weighted by Gasteiger charge is -2.43. The highest BCUT2D eigenvalue weighted by atomic mass is 19.1. The van der Waals surface area contributed by atoms with Gasteiger partial charge in [-0.2, -0.15) is 0 Å². The second kappa shape index (κ2) is 12.0. The molecule has 8 nitrogen and oxygen atoms in total. The number of carbonyl (C=O) groups is 4. The van der Waals surface area contributed by atoms with Crippen LogP contribution in [0.4, 0.5) is 13.2 Å². The lowest BCUT2D eigenvalue weighted by molar-refractivity contribution is -0.138. The summed E-state index contributed by atoms with van der Waals surface area (Å²) in [5.41, 5.74) is 0.841. The summed E-state index contributed by atoms with van der Waals surface area (Å²) in [6, 6.07) is 12.8. The molecule has 4 rings (SSSR count). The molecule has 1 heterocycles. The van der Waals surface area contributed by atoms with Gasteiger partial charge in [-0.05, 0) is 49.2 Å². The van der Waals surface area contributed by atoms with Gasteiger partial charge in [0.2, 0.25) is 0 Å². The molecule has 3 amide bonds. The lowest BCUT2D eigenvalue weighted by Crippen LogP contribution is -2.63. The molecule has 0 radical (unpaired) electrons. The van der Waals surface area contributed by atoms with E-state index in [4.69, 9.17) is 0 Å². The number of aryl methyl sites for hydroxylation is 1. The van der Waals surface area contributed by atoms with E-state index in [-0.39, 0.29) is 30.6 Å². The van der Waals surface area contributed by atoms with Crippen LogP contribution in [0.3, 0.4) is 0 Å². The first kappa shape index (κ1) is 28.3. The van der Waals surface area contributed by atoms with E-state index in [1.807, 2.05) is 0 Å². The van der Waals surface area contributed by atoms with Gasteiger partial charge in [0.1, 0.15) is 17.5 Å². The number of nitrogens with zero attached hydrogens (tertiary/aromatic N) is 2. The Morgan fingerprint density at radius 3 is 2.05 bits per heavy atom. The maximum Gasteiger partial charge on any atom is 0.305 e. The zero-order valence-corrected chi connectivity index (χ0v) is 21.4. The highest BCUT2D eigenvalue weighted by Crippen LogP contribution is 2.24. The Balaban J connectivity index is 1.74. The van der Waals surface area contributed by atoms with Gasteiger partial charge >= 0.3 is 5.97 Å². The molecular formula is C29H26F3N3O5. The Labute approximate surface area is 228 Å². The van der Waals surface area contributed by atoms with E-state index < -0.39 is 59.8 Å². The third-order valence-corrected chi connectivity index (χ3v) is 6.47. The van der Waals surface area contributed by atoms with E-state index in [1.165, 1.54) is 12.1 Å². The van der Waals surface area contributed by atoms with Gasteiger partial charge in [0.25, 0.3) is 17.7 Å². The average Bonchev–Trinajstić information content (AvgIpc) is 2.90. The summed E-state index contributed by atoms with van der Waals surface area (Å²) in [4.78, 5) is 54.5. The third kappa shape index (κ3) is 6.48. The molecule has 0 aliphatic carbocycles. The predicted molar refractivity (Wildman–Crippen MR) is 138 cm³/mol. The van der Waals surface area contributed by atoms with Crippen LogP contribution in [0, 0.1) is 24.4 Å². The van der Waals surface area contributed by atoms with Crippen molar-refractivity contribution in [2.24, 2.45) is 0 Å². The number of carboxylic acid groups (broad SMARTS) is 1. The molecule has 0 spiro atoms. The summed E-state index contributed by atoms with van der Waals surface area (Å²) < 4.78 is 41.8. The number of hydrogen-bond acceptors (Lipinski definition) is 4. The Kier molecular flexibility index (Phi) is 8.52. The van der Waals surface area contributed by atoms with Gasteiger partial charge in [-0.25, -0.2) is 13.2 Å². The van der Waals surface area contributed by atoms with Gasteiger partial charge in [-0.15, -0.1) is 0 Å². The van der Waals surface area contributed by atoms with Crippen molar-refractivity contribution in [3.63, 3.8) is 0 Å². The van der Waals surface area contributed by atoms with Gasteiger partial charge in [0, 0.05) is 30.3 Å². The summed E-state index contributed by atoms with van der Waals surface area (Å²) in [7, 11) is 0. The second-order valence-corrected chi connectivity index (χ2v) is 9.47. The Hall–Kier alpha value is -4.67. The zero-order valence-electron chi connectivity index (χ0n) is 21.4. The van der Waals surface area contributed by atoms with E-state index in [0.717, 1.165) is 39.6 Å². The van der Waals surface area contributed by atoms with E-state index in [9.17, 15) is 37.5 Å². The summed E-state index contributed by atoms with van der Waals surface area (Å²) >= 11 is 0. The van der Waals surface area contributed by atoms with Crippen LogP contribution in [0.25, 0.3) is 0 Å². The first-order valence-electron chi connectivity index (χ1n) is 12.5. The quantitative estimate of drug-likeness (QED) is 0.459. The Morgan fingerprint density at radius 2 is 1.45 bits per heavy atom. The molecule has 208 valence electrons. The minimum Gasteiger partial charge on any atom is -0.481 e. The Morgan fingerprint density at radius 1 is 0.850 bits per heavy atom. The highest BCUT2D eigenvalue weighted by Gasteiger charge is 2.42. The highest BCUT2D eigenvalue weighted by molar-refractivity contribution is 6.01. The largest absolute Gasteiger partial charge is 0.481 e. The van der Waals surface area contributed by atoms with Crippen LogP contribution in [0.5, 0.6) is 0 Å². The SMILES string of the molecule is Cc1cccc(C(CC(=O)O)NC(=O)C2N(C(=O)c3cccc(F)c3)CCCN2C(=O)c2cc(F)cc(F)c2)c1. The smallest absolute Gasteiger partial charge is 0.305 e. The molecular weight excluding hydrogens is 527 g/mol. The zero-order chi connectivity index (χ0) is 29.0. The van der Waals surface area contributed by atoms with E-state index in [0.29, 0.717) is 11.6 Å². The maximum atomic E-state index is 13.9. The van der Waals surface area contributed by atoms with E-state index >= 15 is 0 Å². The molecule has 0 bridgehead atoms. The van der Waals surface area contributed by atoms with Gasteiger partial charge in [0.15, 0.2) is 6.17 Å². The van der Waals surface area contributed by atoms with Crippen molar-refractivity contribution in [3.05, 3.63) is 106 Å². The molecule has 3 aromatic rings. The van der Waals surface area contributed by atoms with E-state index in [2.05, 4.69) is 5.32 Å². The molecule has 2 N–H and O–H groups in total. The topological polar surface area (TPSA) is 107 Å². The van der Waals surface area contributed by atoms with Crippen molar-refractivity contribution in [1.29, 1.82) is 0 Å². The number of aliphatic carboxylic acids is 1. The lowest BCUT2D eigenvalue weighted by atomic mass is 10.0. The molecule has 1 fully saturated rings. The first-order chi connectivity index (χ1) is 19.0. The van der Waals surface area contributed by atoms with Crippen molar-refractivity contribution in [2.45, 2.75) is 32.0 Å². The molecule has 40 heavy (non-hydrogen) atoms. The van der Waals surface area contributed by atoms with Gasteiger partial charge in [-0.1, -0.05) is 35.9 Å². The Bertz CT molecular complexity index is 1440. The van der Waals surface area contributed by atoms with Crippen molar-refractivity contribution in [1.82, 2.24) is 15.1 Å². The van der Waals surface area contributed by atoms with Crippen LogP contribution < -0.4 is 5.32 Å². The van der Waals surface area contributed by atoms with E-state index in [1.54, 1.807) is 31.2 Å². The van der Waals surface area contributed by atoms with Crippen molar-refractivity contribution >= 4 is 23.7 Å². The molecule has 2 unspecified atom stereocenters. The standard InChI is InChI=1S/C29H26F3N3O5/c1-17-5-2-6-18(11-17)24(16-25(36)37)33-26(38)27-34(28(39)19-7-3-8-21(30)12-19)9-4-10-35(27)29(40)20-13-22(31)15-23(32)14-20/h2-3,5-8,11-15,24,27H,4,9-10,16H2,1H3,(H,33,38)(H,36,37). The molecule has 1 aliphatic heterocycles. The van der Waals surface area contributed by atoms with Crippen LogP contribution in [0.1, 0.15) is 50.7 Å². The fourth-order valence-corrected chi connectivity index (χ4v) is 4.72. The fraction of sp³-hybridized carbons (Fsp3) is 0.241. The summed E-state index contributed by atoms with van der Waals surface area (Å²) in [5, 5.41) is 12.1. The first-order valence-corrected chi connectivity index (χ1v) is 12.5. The third-order valence-electron chi connectivity index (χ3n) is 6.47. The van der Waals surface area contributed by atoms with Gasteiger partial charge in [0.05, 0.1) is 12.5 Å². The van der Waals surface area contributed by atoms with Crippen LogP contribution in [-0.2, 0) is 9.59 Å². The minimum atomic E-state index is -1.62. The van der Waals surface area contributed by atoms with Crippen molar-refractivity contribution in [3.8, 4) is 0 Å². The van der Waals surface area contributed by atoms with Crippen molar-refractivity contribution in [2.75, 3.05) is 13.1 Å². The summed E-state index contributed by atoms with van der Waals surface area (Å²) in [5.74, 6) is -6.46. The predicted octanol–water partition coefficient (Wildman–Crippen LogP) is 4.06. The minimum absolute atomic E-state index is 0.00275. The number of carbonyl (C=O) groups excluding carboxylic acids is 3. The maximum absolute atomic E-state index is 13.9. The number of amides is 3. The monoisotopic (exact) mass is 553 g/mol. The van der Waals surface area contributed by atoms with Crippen LogP contribution >= 0.6 is 0 Å². The second-order valence-electron chi connectivity index (χ2n) is 9.47. The number of halogens is 3. The van der Waals surface area contributed by atoms with Crippen LogP contribution in [-0.4, -0.2) is 57.9 Å². The molecule has 2 atom stereocenters. The van der Waals surface area contributed by atoms with Gasteiger partial charge < -0.3 is 20.2 Å². The number of carboxylic acids is 1. The number of benzene rings is 3. The van der Waals surface area contributed by atoms with Crippen LogP contribution in [0.2, 0.25) is 0 Å². The molecule has 0 aromatic heterocycles. The fourth-order valence-electron chi connectivity index (χ4n) is 4.72. The summed E-state index contributed by atoms with van der Waals surface area (Å²) in [6.07, 6.45) is -1.90. The van der Waals surface area contributed by atoms with Crippen molar-refractivity contribution < 1.29 is 37.5 Å². The van der Waals surface area contributed by atoms with Crippen LogP contribution in [0.15, 0.2) is 66.7 Å².